The predicted octanol–water partition coefficient (Wildman–Crippen LogP) is 22.2. The van der Waals surface area contributed by atoms with Crippen LogP contribution in [-0.4, -0.2) is 96.7 Å². The molecule has 3 N–H and O–H groups in total. The van der Waals surface area contributed by atoms with Gasteiger partial charge in [-0.2, -0.15) is 0 Å². The monoisotopic (exact) mass is 1420 g/mol. The van der Waals surface area contributed by atoms with Gasteiger partial charge in [0.15, 0.2) is 12.2 Å². The normalized spacial score (nSPS) is 14.4. The molecule has 0 aromatic rings. The average molecular weight is 1420 g/mol. The molecule has 0 bridgehead atoms. The molecule has 0 spiro atoms. The van der Waals surface area contributed by atoms with E-state index in [1.165, 1.54) is 96.3 Å². The molecule has 19 heteroatoms. The van der Waals surface area contributed by atoms with Gasteiger partial charge >= 0.3 is 39.5 Å². The number of aliphatic hydroxyl groups excluding tert-OH is 1. The first-order chi connectivity index (χ1) is 47.7. The molecule has 0 saturated heterocycles. The van der Waals surface area contributed by atoms with Crippen LogP contribution in [0.4, 0.5) is 0 Å². The molecule has 0 aliphatic carbocycles. The van der Waals surface area contributed by atoms with Gasteiger partial charge in [-0.3, -0.25) is 37.3 Å². The van der Waals surface area contributed by atoms with E-state index in [0.29, 0.717) is 25.7 Å². The van der Waals surface area contributed by atoms with E-state index in [0.717, 1.165) is 161 Å². The Morgan fingerprint density at radius 2 is 0.531 bits per heavy atom. The second-order valence-electron chi connectivity index (χ2n) is 25.9. The van der Waals surface area contributed by atoms with E-state index >= 15 is 0 Å². The van der Waals surface area contributed by atoms with Crippen molar-refractivity contribution in [2.24, 2.45) is 0 Å². The Labute approximate surface area is 595 Å². The summed E-state index contributed by atoms with van der Waals surface area (Å²) >= 11 is 0. The topological polar surface area (TPSA) is 237 Å². The van der Waals surface area contributed by atoms with Crippen LogP contribution in [0.25, 0.3) is 0 Å². The molecule has 5 atom stereocenters. The molecule has 0 rings (SSSR count). The van der Waals surface area contributed by atoms with Gasteiger partial charge in [-0.25, -0.2) is 9.13 Å². The number of phosphoric acid groups is 2. The van der Waals surface area contributed by atoms with E-state index in [2.05, 4.69) is 113 Å². The molecule has 0 fully saturated rings. The van der Waals surface area contributed by atoms with Gasteiger partial charge in [-0.05, 0) is 122 Å². The number of esters is 4. The Morgan fingerprint density at radius 1 is 0.296 bits per heavy atom. The van der Waals surface area contributed by atoms with Crippen molar-refractivity contribution in [1.82, 2.24) is 0 Å². The summed E-state index contributed by atoms with van der Waals surface area (Å²) in [5.41, 5.74) is 0. The van der Waals surface area contributed by atoms with Crippen LogP contribution in [0, 0.1) is 0 Å². The van der Waals surface area contributed by atoms with Crippen molar-refractivity contribution < 1.29 is 80.2 Å². The van der Waals surface area contributed by atoms with Gasteiger partial charge in [-0.15, -0.1) is 0 Å². The minimum absolute atomic E-state index is 0.0807. The Hall–Kier alpha value is -3.76. The van der Waals surface area contributed by atoms with Crippen LogP contribution in [0.2, 0.25) is 0 Å². The Balaban J connectivity index is 5.35. The predicted molar refractivity (Wildman–Crippen MR) is 399 cm³/mol. The Bertz CT molecular complexity index is 2190. The van der Waals surface area contributed by atoms with Crippen molar-refractivity contribution in [3.05, 3.63) is 85.1 Å². The Morgan fingerprint density at radius 3 is 0.847 bits per heavy atom. The van der Waals surface area contributed by atoms with Gasteiger partial charge < -0.3 is 33.8 Å². The number of unbranched alkanes of at least 4 members (excludes halogenated alkanes) is 33. The van der Waals surface area contributed by atoms with Crippen LogP contribution in [0.5, 0.6) is 0 Å². The van der Waals surface area contributed by atoms with Crippen LogP contribution in [-0.2, 0) is 65.4 Å². The van der Waals surface area contributed by atoms with E-state index in [9.17, 15) is 43.2 Å². The average Bonchev–Trinajstić information content (AvgIpc) is 0.986. The second kappa shape index (κ2) is 71.6. The molecule has 0 aliphatic rings. The number of phosphoric ester groups is 2. The van der Waals surface area contributed by atoms with Gasteiger partial charge in [0, 0.05) is 25.7 Å². The third-order valence-electron chi connectivity index (χ3n) is 16.3. The van der Waals surface area contributed by atoms with Crippen LogP contribution < -0.4 is 0 Å². The van der Waals surface area contributed by atoms with Crippen LogP contribution in [0.15, 0.2) is 85.1 Å². The van der Waals surface area contributed by atoms with Gasteiger partial charge in [0.05, 0.1) is 26.4 Å². The molecule has 5 unspecified atom stereocenters. The minimum Gasteiger partial charge on any atom is -0.462 e. The van der Waals surface area contributed by atoms with Crippen molar-refractivity contribution in [2.75, 3.05) is 39.6 Å². The molecule has 0 amide bonds. The molecule has 0 saturated carbocycles. The van der Waals surface area contributed by atoms with Crippen LogP contribution in [0.1, 0.15) is 336 Å². The molecule has 98 heavy (non-hydrogen) atoms. The number of carbonyl (C=O) groups excluding carboxylic acids is 4. The highest BCUT2D eigenvalue weighted by atomic mass is 31.2. The van der Waals surface area contributed by atoms with Crippen LogP contribution in [0.3, 0.4) is 0 Å². The molecule has 0 aromatic heterocycles. The van der Waals surface area contributed by atoms with Crippen molar-refractivity contribution >= 4 is 39.5 Å². The fourth-order valence-electron chi connectivity index (χ4n) is 10.4. The molecule has 0 radical (unpaired) electrons. The number of hydrogen-bond donors (Lipinski definition) is 3. The molecule has 0 heterocycles. The SMILES string of the molecule is CC/C=C\C/C=C\C/C=C\C/C=C\CCCCCCC(=O)OCC(COP(=O)(O)OCC(O)COP(=O)(O)OCC(COC(=O)CCCCCCC/C=C\C/C=C\CCCCC)OC(=O)CCCCCCCCCCCCC)OC(=O)CCCCCCC/C=C\CCCCCCCC. The first-order valence-electron chi connectivity index (χ1n) is 38.8. The fraction of sp³-hybridized carbons (Fsp3) is 0.772. The highest BCUT2D eigenvalue weighted by molar-refractivity contribution is 7.47. The maximum atomic E-state index is 13.1. The van der Waals surface area contributed by atoms with E-state index < -0.39 is 97.5 Å². The molecule has 568 valence electrons. The summed E-state index contributed by atoms with van der Waals surface area (Å²) < 4.78 is 68.5. The molecular formula is C79H140O17P2. The largest absolute Gasteiger partial charge is 0.472 e. The standard InChI is InChI=1S/C79H140O17P2/c1-5-9-13-17-21-25-29-32-35-36-39-41-45-48-52-56-60-64-77(82)90-70-75(96-79(84)66-62-58-54-50-46-42-38-34-31-27-23-19-15-11-7-3)72-94-98(87,88)92-68-73(80)67-91-97(85,86)93-71-74(95-78(83)65-61-57-53-49-43-28-24-20-16-12-8-4)69-89-76(81)63-59-55-51-47-44-40-37-33-30-26-22-18-14-10-6-2/h9,13,21-22,25-26,32-35,37-39,41,73-75,80H,5-8,10-12,14-20,23-24,27-31,36,40,42-72H2,1-4H3,(H,85,86)(H,87,88)/b13-9-,25-21-,26-22-,35-32-,37-33-,38-34-,41-39-. The number of hydrogen-bond acceptors (Lipinski definition) is 15. The molecule has 17 nitrogen and oxygen atoms in total. The van der Waals surface area contributed by atoms with E-state index in [1.54, 1.807) is 0 Å². The van der Waals surface area contributed by atoms with Gasteiger partial charge in [0.2, 0.25) is 0 Å². The highest BCUT2D eigenvalue weighted by Crippen LogP contribution is 2.45. The molecular weight excluding hydrogens is 1280 g/mol. The van der Waals surface area contributed by atoms with Crippen molar-refractivity contribution in [1.29, 1.82) is 0 Å². The summed E-state index contributed by atoms with van der Waals surface area (Å²) in [4.78, 5) is 72.8. The number of rotatable bonds is 73. The van der Waals surface area contributed by atoms with Gasteiger partial charge in [-0.1, -0.05) is 273 Å². The molecule has 0 aromatic carbocycles. The lowest BCUT2D eigenvalue weighted by Crippen LogP contribution is -2.30. The fourth-order valence-corrected chi connectivity index (χ4v) is 12.0. The lowest BCUT2D eigenvalue weighted by Gasteiger charge is -2.21. The zero-order chi connectivity index (χ0) is 71.8. The number of allylic oxidation sites excluding steroid dienone is 14. The summed E-state index contributed by atoms with van der Waals surface area (Å²) in [5, 5.41) is 10.6. The lowest BCUT2D eigenvalue weighted by molar-refractivity contribution is -0.161. The first kappa shape index (κ1) is 94.2. The maximum absolute atomic E-state index is 13.1. The number of carbonyl (C=O) groups is 4. The van der Waals surface area contributed by atoms with E-state index in [1.807, 2.05) is 0 Å². The number of aliphatic hydroxyl groups is 1. The summed E-state index contributed by atoms with van der Waals surface area (Å²) in [6.07, 6.45) is 72.8. The zero-order valence-corrected chi connectivity index (χ0v) is 63.7. The summed E-state index contributed by atoms with van der Waals surface area (Å²) in [7, 11) is -9.95. The zero-order valence-electron chi connectivity index (χ0n) is 62.0. The van der Waals surface area contributed by atoms with E-state index in [4.69, 9.17) is 37.0 Å². The summed E-state index contributed by atoms with van der Waals surface area (Å²) in [6.45, 7) is 4.71. The number of ether oxygens (including phenoxy) is 4. The van der Waals surface area contributed by atoms with E-state index in [-0.39, 0.29) is 25.7 Å². The van der Waals surface area contributed by atoms with Gasteiger partial charge in [0.25, 0.3) is 0 Å². The van der Waals surface area contributed by atoms with Crippen LogP contribution >= 0.6 is 15.6 Å². The third kappa shape index (κ3) is 70.7. The van der Waals surface area contributed by atoms with Gasteiger partial charge in [0.1, 0.15) is 19.3 Å². The molecule has 0 aliphatic heterocycles. The van der Waals surface area contributed by atoms with Crippen molar-refractivity contribution in [3.8, 4) is 0 Å². The lowest BCUT2D eigenvalue weighted by atomic mass is 10.1. The summed E-state index contributed by atoms with van der Waals surface area (Å²) in [5.74, 6) is -2.21. The first-order valence-corrected chi connectivity index (χ1v) is 41.8. The summed E-state index contributed by atoms with van der Waals surface area (Å²) in [6, 6.07) is 0. The third-order valence-corrected chi connectivity index (χ3v) is 18.2. The second-order valence-corrected chi connectivity index (χ2v) is 28.8. The quantitative estimate of drug-likeness (QED) is 0.0169. The smallest absolute Gasteiger partial charge is 0.462 e. The highest BCUT2D eigenvalue weighted by Gasteiger charge is 2.30. The maximum Gasteiger partial charge on any atom is 0.472 e. The Kier molecular flexibility index (Phi) is 68.9. The van der Waals surface area contributed by atoms with Crippen molar-refractivity contribution in [3.63, 3.8) is 0 Å². The minimum atomic E-state index is -4.98. The van der Waals surface area contributed by atoms with Crippen molar-refractivity contribution in [2.45, 2.75) is 354 Å².